The number of fused-ring (bicyclic) bond motifs is 1. The van der Waals surface area contributed by atoms with Gasteiger partial charge >= 0.3 is 0 Å². The van der Waals surface area contributed by atoms with Gasteiger partial charge in [-0.3, -0.25) is 25.2 Å². The van der Waals surface area contributed by atoms with Crippen molar-refractivity contribution in [1.29, 1.82) is 0 Å². The summed E-state index contributed by atoms with van der Waals surface area (Å²) in [5.41, 5.74) is 4.30. The van der Waals surface area contributed by atoms with Crippen LogP contribution in [0.15, 0.2) is 21.5 Å². The van der Waals surface area contributed by atoms with E-state index >= 15 is 0 Å². The zero-order valence-electron chi connectivity index (χ0n) is 10.1. The second-order valence-corrected chi connectivity index (χ2v) is 5.79. The van der Waals surface area contributed by atoms with Crippen LogP contribution in [0.4, 0.5) is 0 Å². The van der Waals surface area contributed by atoms with E-state index in [0.29, 0.717) is 15.0 Å². The first kappa shape index (κ1) is 13.8. The molecule has 8 heteroatoms. The summed E-state index contributed by atoms with van der Waals surface area (Å²) in [6.45, 7) is 1.29. The predicted molar refractivity (Wildman–Crippen MR) is 76.0 cm³/mol. The fourth-order valence-corrected chi connectivity index (χ4v) is 3.31. The number of rotatable bonds is 1. The minimum atomic E-state index is -0.453. The van der Waals surface area contributed by atoms with Gasteiger partial charge in [0.25, 0.3) is 11.5 Å². The summed E-state index contributed by atoms with van der Waals surface area (Å²) < 4.78 is 2.67. The maximum absolute atomic E-state index is 11.9. The smallest absolute Gasteiger partial charge is 0.279 e. The molecule has 0 saturated heterocycles. The molecule has 100 valence electrons. The van der Waals surface area contributed by atoms with Gasteiger partial charge in [0.15, 0.2) is 0 Å². The number of hydrogen-bond donors (Lipinski definition) is 2. The molecule has 0 radical (unpaired) electrons. The highest BCUT2D eigenvalue weighted by Crippen LogP contribution is 2.28. The Morgan fingerprint density at radius 3 is 2.68 bits per heavy atom. The van der Waals surface area contributed by atoms with E-state index in [0.717, 1.165) is 15.8 Å². The van der Waals surface area contributed by atoms with Crippen LogP contribution in [0.5, 0.6) is 0 Å². The molecule has 0 fully saturated rings. The van der Waals surface area contributed by atoms with E-state index in [1.807, 2.05) is 0 Å². The molecule has 2 aromatic rings. The van der Waals surface area contributed by atoms with E-state index in [4.69, 9.17) is 0 Å². The standard InChI is InChI=1S/C11H10BrN3O3S/c1-5(16)13-14-10(17)8-3-6-7(12)4-15(2)11(18)9(6)19-8/h3-4H,1-2H3,(H,13,16)(H,14,17). The second kappa shape index (κ2) is 5.14. The van der Waals surface area contributed by atoms with Gasteiger partial charge in [-0.05, 0) is 22.0 Å². The molecular weight excluding hydrogens is 334 g/mol. The van der Waals surface area contributed by atoms with Gasteiger partial charge in [-0.1, -0.05) is 0 Å². The van der Waals surface area contributed by atoms with Crippen molar-refractivity contribution in [3.05, 3.63) is 32.0 Å². The van der Waals surface area contributed by atoms with Crippen molar-refractivity contribution in [1.82, 2.24) is 15.4 Å². The molecular formula is C11H10BrN3O3S. The molecule has 0 spiro atoms. The lowest BCUT2D eigenvalue weighted by Crippen LogP contribution is -2.39. The van der Waals surface area contributed by atoms with E-state index in [-0.39, 0.29) is 11.5 Å². The Labute approximate surface area is 120 Å². The zero-order valence-corrected chi connectivity index (χ0v) is 12.5. The molecule has 2 amide bonds. The molecule has 2 heterocycles. The van der Waals surface area contributed by atoms with Gasteiger partial charge in [0.1, 0.15) is 4.70 Å². The number of thiophene rings is 1. The Bertz CT molecular complexity index is 735. The van der Waals surface area contributed by atoms with Gasteiger partial charge < -0.3 is 4.57 Å². The summed E-state index contributed by atoms with van der Waals surface area (Å²) in [6.07, 6.45) is 1.65. The lowest BCUT2D eigenvalue weighted by Gasteiger charge is -2.01. The van der Waals surface area contributed by atoms with Crippen molar-refractivity contribution in [3.63, 3.8) is 0 Å². The van der Waals surface area contributed by atoms with E-state index in [9.17, 15) is 14.4 Å². The molecule has 0 aliphatic carbocycles. The average molecular weight is 344 g/mol. The SMILES string of the molecule is CC(=O)NNC(=O)c1cc2c(Br)cn(C)c(=O)c2s1. The first-order valence-electron chi connectivity index (χ1n) is 5.25. The number of halogens is 1. The highest BCUT2D eigenvalue weighted by atomic mass is 79.9. The number of pyridine rings is 1. The molecule has 0 atom stereocenters. The predicted octanol–water partition coefficient (Wildman–Crippen LogP) is 1.14. The highest BCUT2D eigenvalue weighted by Gasteiger charge is 2.15. The first-order chi connectivity index (χ1) is 8.90. The van der Waals surface area contributed by atoms with E-state index < -0.39 is 5.91 Å². The Hall–Kier alpha value is -1.67. The van der Waals surface area contributed by atoms with E-state index in [1.54, 1.807) is 19.3 Å². The Morgan fingerprint density at radius 2 is 2.05 bits per heavy atom. The largest absolute Gasteiger partial charge is 0.316 e. The van der Waals surface area contributed by atoms with Crippen LogP contribution in [0.25, 0.3) is 10.1 Å². The quantitative estimate of drug-likeness (QED) is 0.762. The zero-order chi connectivity index (χ0) is 14.2. The van der Waals surface area contributed by atoms with Crippen LogP contribution in [-0.2, 0) is 11.8 Å². The van der Waals surface area contributed by atoms with Crippen molar-refractivity contribution < 1.29 is 9.59 Å². The summed E-state index contributed by atoms with van der Waals surface area (Å²) in [4.78, 5) is 34.8. The van der Waals surface area contributed by atoms with Crippen molar-refractivity contribution in [2.45, 2.75) is 6.92 Å². The summed E-state index contributed by atoms with van der Waals surface area (Å²) in [5, 5.41) is 0.682. The Balaban J connectivity index is 2.45. The number of aromatic nitrogens is 1. The fraction of sp³-hybridized carbons (Fsp3) is 0.182. The van der Waals surface area contributed by atoms with Gasteiger partial charge in [-0.25, -0.2) is 0 Å². The number of nitrogens with one attached hydrogen (secondary N) is 2. The van der Waals surface area contributed by atoms with Crippen LogP contribution in [-0.4, -0.2) is 16.4 Å². The molecule has 2 rings (SSSR count). The minimum Gasteiger partial charge on any atom is -0.316 e. The molecule has 2 N–H and O–H groups in total. The molecule has 19 heavy (non-hydrogen) atoms. The first-order valence-corrected chi connectivity index (χ1v) is 6.86. The van der Waals surface area contributed by atoms with Crippen molar-refractivity contribution in [2.24, 2.45) is 7.05 Å². The van der Waals surface area contributed by atoms with Gasteiger partial charge in [-0.15, -0.1) is 11.3 Å². The summed E-state index contributed by atoms with van der Waals surface area (Å²) >= 11 is 4.44. The average Bonchev–Trinajstić information content (AvgIpc) is 2.78. The van der Waals surface area contributed by atoms with Gasteiger partial charge in [-0.2, -0.15) is 0 Å². The van der Waals surface area contributed by atoms with Gasteiger partial charge in [0.05, 0.1) is 4.88 Å². The van der Waals surface area contributed by atoms with Crippen molar-refractivity contribution in [2.75, 3.05) is 0 Å². The molecule has 0 saturated carbocycles. The normalized spacial score (nSPS) is 10.5. The van der Waals surface area contributed by atoms with Crippen LogP contribution in [0.1, 0.15) is 16.6 Å². The van der Waals surface area contributed by atoms with E-state index in [2.05, 4.69) is 26.8 Å². The summed E-state index contributed by atoms with van der Waals surface area (Å²) in [6, 6.07) is 1.61. The molecule has 2 aromatic heterocycles. The summed E-state index contributed by atoms with van der Waals surface area (Å²) in [7, 11) is 1.64. The minimum absolute atomic E-state index is 0.165. The molecule has 0 aliphatic rings. The van der Waals surface area contributed by atoms with Crippen LogP contribution in [0.2, 0.25) is 0 Å². The molecule has 0 bridgehead atoms. The Kier molecular flexibility index (Phi) is 3.72. The monoisotopic (exact) mass is 343 g/mol. The van der Waals surface area contributed by atoms with Crippen LogP contribution in [0.3, 0.4) is 0 Å². The molecule has 0 aromatic carbocycles. The lowest BCUT2D eigenvalue weighted by molar-refractivity contribution is -0.119. The molecule has 0 aliphatic heterocycles. The maximum atomic E-state index is 11.9. The van der Waals surface area contributed by atoms with E-state index in [1.165, 1.54) is 11.5 Å². The maximum Gasteiger partial charge on any atom is 0.279 e. The summed E-state index contributed by atoms with van der Waals surface area (Å²) in [5.74, 6) is -0.822. The lowest BCUT2D eigenvalue weighted by atomic mass is 10.3. The topological polar surface area (TPSA) is 80.2 Å². The number of hydrazine groups is 1. The van der Waals surface area contributed by atoms with Crippen molar-refractivity contribution >= 4 is 49.2 Å². The Morgan fingerprint density at radius 1 is 1.37 bits per heavy atom. The van der Waals surface area contributed by atoms with Gasteiger partial charge in [0, 0.05) is 30.0 Å². The highest BCUT2D eigenvalue weighted by molar-refractivity contribution is 9.10. The molecule has 0 unspecified atom stereocenters. The van der Waals surface area contributed by atoms with Crippen LogP contribution in [0, 0.1) is 0 Å². The third-order valence-corrected chi connectivity index (χ3v) is 4.14. The number of hydrogen-bond acceptors (Lipinski definition) is 4. The number of aryl methyl sites for hydroxylation is 1. The van der Waals surface area contributed by atoms with Crippen LogP contribution < -0.4 is 16.4 Å². The number of carbonyl (C=O) groups excluding carboxylic acids is 2. The number of nitrogens with zero attached hydrogens (tertiary/aromatic N) is 1. The third kappa shape index (κ3) is 2.69. The number of amides is 2. The fourth-order valence-electron chi connectivity index (χ4n) is 1.50. The van der Waals surface area contributed by atoms with Crippen molar-refractivity contribution in [3.8, 4) is 0 Å². The second-order valence-electron chi connectivity index (χ2n) is 3.88. The van der Waals surface area contributed by atoms with Crippen LogP contribution >= 0.6 is 27.3 Å². The third-order valence-electron chi connectivity index (χ3n) is 2.39. The van der Waals surface area contributed by atoms with Gasteiger partial charge in [0.2, 0.25) is 5.91 Å². The number of carbonyl (C=O) groups is 2. The molecule has 6 nitrogen and oxygen atoms in total.